The summed E-state index contributed by atoms with van der Waals surface area (Å²) in [6.07, 6.45) is 1.29. The quantitative estimate of drug-likeness (QED) is 0.477. The highest BCUT2D eigenvalue weighted by atomic mass is 16.6. The number of nitro benzene ring substituents is 1. The summed E-state index contributed by atoms with van der Waals surface area (Å²) < 4.78 is 11.5. The Kier molecular flexibility index (Phi) is 4.63. The molecule has 0 aliphatic carbocycles. The molecule has 0 atom stereocenters. The summed E-state index contributed by atoms with van der Waals surface area (Å²) in [5, 5.41) is 15.4. The maximum Gasteiger partial charge on any atom is 0.341 e. The molecule has 0 unspecified atom stereocenters. The van der Waals surface area contributed by atoms with Crippen molar-refractivity contribution < 1.29 is 19.2 Å². The van der Waals surface area contributed by atoms with Crippen LogP contribution in [0.2, 0.25) is 0 Å². The van der Waals surface area contributed by atoms with Gasteiger partial charge in [0.1, 0.15) is 5.56 Å². The van der Waals surface area contributed by atoms with Crippen LogP contribution in [0.5, 0.6) is 5.75 Å². The second-order valence-corrected chi connectivity index (χ2v) is 5.14. The predicted octanol–water partition coefficient (Wildman–Crippen LogP) is 2.66. The smallest absolute Gasteiger partial charge is 0.341 e. The summed E-state index contributed by atoms with van der Waals surface area (Å²) >= 11 is 0. The van der Waals surface area contributed by atoms with Crippen molar-refractivity contribution in [1.82, 2.24) is 9.78 Å². The van der Waals surface area contributed by atoms with Crippen LogP contribution < -0.4 is 4.74 Å². The van der Waals surface area contributed by atoms with Crippen LogP contribution in [0.25, 0.3) is 5.69 Å². The van der Waals surface area contributed by atoms with Gasteiger partial charge in [-0.3, -0.25) is 10.1 Å². The number of aromatic nitrogens is 2. The zero-order valence-electron chi connectivity index (χ0n) is 13.3. The topological polar surface area (TPSA) is 96.5 Å². The Balaban J connectivity index is 2.46. The number of nitro groups is 1. The number of rotatable bonds is 5. The molecule has 0 bridgehead atoms. The van der Waals surface area contributed by atoms with Gasteiger partial charge in [0.2, 0.25) is 0 Å². The van der Waals surface area contributed by atoms with Gasteiger partial charge >= 0.3 is 11.7 Å². The van der Waals surface area contributed by atoms with E-state index in [1.807, 2.05) is 0 Å². The minimum atomic E-state index is -0.515. The van der Waals surface area contributed by atoms with Gasteiger partial charge in [0.25, 0.3) is 0 Å². The first-order chi connectivity index (χ1) is 10.8. The van der Waals surface area contributed by atoms with Crippen molar-refractivity contribution in [3.05, 3.63) is 45.8 Å². The molecule has 0 spiro atoms. The molecule has 0 aliphatic heterocycles. The van der Waals surface area contributed by atoms with Crippen molar-refractivity contribution in [2.45, 2.75) is 26.9 Å². The lowest BCUT2D eigenvalue weighted by Crippen LogP contribution is -2.08. The maximum atomic E-state index is 11.6. The van der Waals surface area contributed by atoms with Crippen molar-refractivity contribution in [3.63, 3.8) is 0 Å². The van der Waals surface area contributed by atoms with Crippen LogP contribution >= 0.6 is 0 Å². The van der Waals surface area contributed by atoms with E-state index in [9.17, 15) is 14.9 Å². The highest BCUT2D eigenvalue weighted by molar-refractivity contribution is 5.90. The van der Waals surface area contributed by atoms with E-state index in [0.29, 0.717) is 16.9 Å². The van der Waals surface area contributed by atoms with E-state index in [0.717, 1.165) is 0 Å². The van der Waals surface area contributed by atoms with Gasteiger partial charge in [-0.25, -0.2) is 9.48 Å². The van der Waals surface area contributed by atoms with Crippen LogP contribution in [0.3, 0.4) is 0 Å². The average molecular weight is 319 g/mol. The lowest BCUT2D eigenvalue weighted by Gasteiger charge is -2.10. The first-order valence-electron chi connectivity index (χ1n) is 6.93. The van der Waals surface area contributed by atoms with Crippen LogP contribution in [0, 0.1) is 17.0 Å². The van der Waals surface area contributed by atoms with Gasteiger partial charge < -0.3 is 9.47 Å². The Labute approximate surface area is 132 Å². The molecular formula is C15H17N3O5. The number of carbonyl (C=O) groups is 1. The minimum Gasteiger partial charge on any atom is -0.484 e. The molecule has 8 heteroatoms. The molecule has 0 fully saturated rings. The van der Waals surface area contributed by atoms with E-state index in [2.05, 4.69) is 9.84 Å². The van der Waals surface area contributed by atoms with Crippen molar-refractivity contribution in [1.29, 1.82) is 0 Å². The maximum absolute atomic E-state index is 11.6. The Bertz CT molecular complexity index is 752. The lowest BCUT2D eigenvalue weighted by atomic mass is 10.2. The van der Waals surface area contributed by atoms with Gasteiger partial charge in [0.15, 0.2) is 5.75 Å². The fourth-order valence-electron chi connectivity index (χ4n) is 2.05. The highest BCUT2D eigenvalue weighted by Gasteiger charge is 2.20. The first-order valence-corrected chi connectivity index (χ1v) is 6.93. The zero-order chi connectivity index (χ0) is 17.1. The van der Waals surface area contributed by atoms with Gasteiger partial charge in [-0.2, -0.15) is 5.10 Å². The number of ether oxygens (including phenoxy) is 2. The third-order valence-electron chi connectivity index (χ3n) is 3.07. The van der Waals surface area contributed by atoms with Gasteiger partial charge in [-0.15, -0.1) is 0 Å². The van der Waals surface area contributed by atoms with Crippen LogP contribution in [0.4, 0.5) is 5.69 Å². The number of nitrogens with zero attached hydrogens (tertiary/aromatic N) is 3. The first kappa shape index (κ1) is 16.5. The second kappa shape index (κ2) is 6.47. The van der Waals surface area contributed by atoms with Crippen LogP contribution in [-0.2, 0) is 4.74 Å². The number of hydrogen-bond acceptors (Lipinski definition) is 6. The summed E-state index contributed by atoms with van der Waals surface area (Å²) in [5.74, 6) is -0.325. The SMILES string of the molecule is COC(=O)c1cn(-c2ccc(OC(C)C)c([N+](=O)[O-])c2)nc1C. The molecule has 0 aliphatic rings. The average Bonchev–Trinajstić information content (AvgIpc) is 2.88. The van der Waals surface area contributed by atoms with Gasteiger partial charge in [-0.05, 0) is 32.9 Å². The third-order valence-corrected chi connectivity index (χ3v) is 3.07. The third kappa shape index (κ3) is 3.47. The van der Waals surface area contributed by atoms with E-state index in [-0.39, 0.29) is 17.5 Å². The van der Waals surface area contributed by atoms with Gasteiger partial charge in [0, 0.05) is 12.3 Å². The molecule has 0 N–H and O–H groups in total. The van der Waals surface area contributed by atoms with Crippen molar-refractivity contribution in [3.8, 4) is 11.4 Å². The number of hydrogen-bond donors (Lipinski definition) is 0. The van der Waals surface area contributed by atoms with Crippen molar-refractivity contribution >= 4 is 11.7 Å². The largest absolute Gasteiger partial charge is 0.484 e. The number of benzene rings is 1. The fourth-order valence-corrected chi connectivity index (χ4v) is 2.05. The summed E-state index contributed by atoms with van der Waals surface area (Å²) in [6, 6.07) is 4.51. The number of methoxy groups -OCH3 is 1. The van der Waals surface area contributed by atoms with E-state index < -0.39 is 10.9 Å². The van der Waals surface area contributed by atoms with E-state index >= 15 is 0 Å². The van der Waals surface area contributed by atoms with Crippen molar-refractivity contribution in [2.24, 2.45) is 0 Å². The molecule has 2 aromatic rings. The molecule has 0 amide bonds. The molecule has 0 saturated carbocycles. The normalized spacial score (nSPS) is 10.7. The summed E-state index contributed by atoms with van der Waals surface area (Å²) in [4.78, 5) is 22.3. The molecule has 1 aromatic heterocycles. The number of esters is 1. The molecule has 2 rings (SSSR count). The molecule has 0 radical (unpaired) electrons. The molecule has 0 saturated heterocycles. The molecule has 1 aromatic carbocycles. The molecule has 23 heavy (non-hydrogen) atoms. The molecular weight excluding hydrogens is 302 g/mol. The van der Waals surface area contributed by atoms with Crippen LogP contribution in [-0.4, -0.2) is 33.9 Å². The fraction of sp³-hybridized carbons (Fsp3) is 0.333. The second-order valence-electron chi connectivity index (χ2n) is 5.14. The Morgan fingerprint density at radius 2 is 2.09 bits per heavy atom. The monoisotopic (exact) mass is 319 g/mol. The number of carbonyl (C=O) groups excluding carboxylic acids is 1. The van der Waals surface area contributed by atoms with E-state index in [4.69, 9.17) is 4.74 Å². The van der Waals surface area contributed by atoms with E-state index in [1.165, 1.54) is 30.1 Å². The molecule has 8 nitrogen and oxygen atoms in total. The summed E-state index contributed by atoms with van der Waals surface area (Å²) in [7, 11) is 1.28. The standard InChI is InChI=1S/C15H17N3O5/c1-9(2)23-14-6-5-11(7-13(14)18(20)21)17-8-12(10(3)16-17)15(19)22-4/h5-9H,1-4H3. The Hall–Kier alpha value is -2.90. The lowest BCUT2D eigenvalue weighted by molar-refractivity contribution is -0.386. The number of aryl methyl sites for hydroxylation is 1. The van der Waals surface area contributed by atoms with Crippen LogP contribution in [0.1, 0.15) is 29.9 Å². The van der Waals surface area contributed by atoms with E-state index in [1.54, 1.807) is 26.8 Å². The molecule has 122 valence electrons. The zero-order valence-corrected chi connectivity index (χ0v) is 13.3. The summed E-state index contributed by atoms with van der Waals surface area (Å²) in [5.41, 5.74) is 1.06. The summed E-state index contributed by atoms with van der Waals surface area (Å²) in [6.45, 7) is 5.24. The molecule has 1 heterocycles. The minimum absolute atomic E-state index is 0.163. The highest BCUT2D eigenvalue weighted by Crippen LogP contribution is 2.30. The van der Waals surface area contributed by atoms with Crippen LogP contribution in [0.15, 0.2) is 24.4 Å². The van der Waals surface area contributed by atoms with Crippen molar-refractivity contribution in [2.75, 3.05) is 7.11 Å². The Morgan fingerprint density at radius 1 is 1.39 bits per heavy atom. The van der Waals surface area contributed by atoms with Gasteiger partial charge in [-0.1, -0.05) is 0 Å². The van der Waals surface area contributed by atoms with Gasteiger partial charge in [0.05, 0.1) is 29.5 Å². The predicted molar refractivity (Wildman–Crippen MR) is 82.1 cm³/mol. The Morgan fingerprint density at radius 3 is 2.65 bits per heavy atom.